The highest BCUT2D eigenvalue weighted by Gasteiger charge is 2.80. The molecule has 0 aromatic rings. The molecule has 5 saturated carbocycles. The number of hydrogen-bond donors (Lipinski definition) is 0. The summed E-state index contributed by atoms with van der Waals surface area (Å²) in [4.78, 5) is 11.6. The average Bonchev–Trinajstić information content (AvgIpc) is 3.29. The second-order valence-electron chi connectivity index (χ2n) is 13.6. The van der Waals surface area contributed by atoms with Gasteiger partial charge in [0, 0.05) is 6.92 Å². The maximum atomic E-state index is 11.6. The number of carbonyl (C=O) groups is 1. The third kappa shape index (κ3) is 3.06. The van der Waals surface area contributed by atoms with Gasteiger partial charge in [-0.25, -0.2) is 0 Å². The Morgan fingerprint density at radius 3 is 2.47 bits per heavy atom. The molecule has 0 bridgehead atoms. The second-order valence-corrected chi connectivity index (χ2v) is 13.6. The summed E-state index contributed by atoms with van der Waals surface area (Å²) in [5.41, 5.74) is 3.76. The summed E-state index contributed by atoms with van der Waals surface area (Å²) in [7, 11) is 0. The number of hydrogen-bond acceptors (Lipinski definition) is 2. The van der Waals surface area contributed by atoms with E-state index in [1.165, 1.54) is 69.8 Å². The molecule has 5 fully saturated rings. The van der Waals surface area contributed by atoms with Crippen molar-refractivity contribution in [3.05, 3.63) is 11.6 Å². The van der Waals surface area contributed by atoms with Crippen LogP contribution >= 0.6 is 0 Å². The van der Waals surface area contributed by atoms with E-state index in [2.05, 4.69) is 40.7 Å². The largest absolute Gasteiger partial charge is 0.463 e. The van der Waals surface area contributed by atoms with Gasteiger partial charge in [0.25, 0.3) is 0 Å². The van der Waals surface area contributed by atoms with E-state index < -0.39 is 0 Å². The predicted molar refractivity (Wildman–Crippen MR) is 131 cm³/mol. The van der Waals surface area contributed by atoms with Crippen molar-refractivity contribution in [2.24, 2.45) is 45.3 Å². The Kier molecular flexibility index (Phi) is 5.46. The normalized spacial score (nSPS) is 49.7. The first-order valence-corrected chi connectivity index (χ1v) is 13.9. The lowest BCUT2D eigenvalue weighted by Gasteiger charge is -2.61. The van der Waals surface area contributed by atoms with Crippen molar-refractivity contribution >= 4 is 5.97 Å². The molecular formula is C30H48O2. The molecule has 0 aliphatic heterocycles. The van der Waals surface area contributed by atoms with E-state index in [-0.39, 0.29) is 12.1 Å². The summed E-state index contributed by atoms with van der Waals surface area (Å²) < 4.78 is 5.69. The van der Waals surface area contributed by atoms with Crippen molar-refractivity contribution in [2.45, 2.75) is 125 Å². The molecule has 0 unspecified atom stereocenters. The Morgan fingerprint density at radius 1 is 0.969 bits per heavy atom. The molecule has 180 valence electrons. The number of ether oxygens (including phenoxy) is 1. The minimum absolute atomic E-state index is 0.0817. The van der Waals surface area contributed by atoms with E-state index in [1.807, 2.05) is 0 Å². The van der Waals surface area contributed by atoms with E-state index in [4.69, 9.17) is 4.74 Å². The van der Waals surface area contributed by atoms with Crippen LogP contribution in [0.1, 0.15) is 119 Å². The van der Waals surface area contributed by atoms with Crippen LogP contribution in [-0.4, -0.2) is 12.1 Å². The zero-order chi connectivity index (χ0) is 22.9. The van der Waals surface area contributed by atoms with Crippen molar-refractivity contribution < 1.29 is 9.53 Å². The van der Waals surface area contributed by atoms with E-state index in [1.54, 1.807) is 6.92 Å². The van der Waals surface area contributed by atoms with E-state index >= 15 is 0 Å². The Balaban J connectivity index is 1.34. The first-order chi connectivity index (χ1) is 15.1. The molecule has 9 atom stereocenters. The van der Waals surface area contributed by atoms with Gasteiger partial charge < -0.3 is 4.74 Å². The third-order valence-corrected chi connectivity index (χ3v) is 12.4. The number of esters is 1. The molecule has 5 aliphatic rings. The molecule has 32 heavy (non-hydrogen) atoms. The minimum atomic E-state index is -0.0817. The molecule has 0 aromatic heterocycles. The summed E-state index contributed by atoms with van der Waals surface area (Å²) in [5, 5.41) is 0. The molecule has 0 aromatic carbocycles. The van der Waals surface area contributed by atoms with Crippen LogP contribution in [0.5, 0.6) is 0 Å². The van der Waals surface area contributed by atoms with Gasteiger partial charge in [0.2, 0.25) is 0 Å². The van der Waals surface area contributed by atoms with Gasteiger partial charge in [-0.1, -0.05) is 32.4 Å². The molecule has 0 amide bonds. The van der Waals surface area contributed by atoms with Crippen molar-refractivity contribution in [2.75, 3.05) is 0 Å². The summed E-state index contributed by atoms with van der Waals surface area (Å²) in [5.74, 6) is 3.41. The van der Waals surface area contributed by atoms with E-state index in [9.17, 15) is 4.79 Å². The highest BCUT2D eigenvalue weighted by atomic mass is 16.5. The molecule has 0 N–H and O–H groups in total. The van der Waals surface area contributed by atoms with Crippen LogP contribution in [0.15, 0.2) is 11.6 Å². The van der Waals surface area contributed by atoms with Crippen LogP contribution < -0.4 is 0 Å². The molecule has 0 saturated heterocycles. The first kappa shape index (κ1) is 23.0. The predicted octanol–water partition coefficient (Wildman–Crippen LogP) is 8.10. The number of rotatable bonds is 5. The van der Waals surface area contributed by atoms with Crippen molar-refractivity contribution in [3.63, 3.8) is 0 Å². The lowest BCUT2D eigenvalue weighted by atomic mass is 9.43. The van der Waals surface area contributed by atoms with Gasteiger partial charge in [-0.2, -0.15) is 0 Å². The fourth-order valence-electron chi connectivity index (χ4n) is 10.7. The van der Waals surface area contributed by atoms with Crippen LogP contribution in [0.3, 0.4) is 0 Å². The third-order valence-electron chi connectivity index (χ3n) is 12.4. The van der Waals surface area contributed by atoms with Gasteiger partial charge in [0.1, 0.15) is 6.10 Å². The summed E-state index contributed by atoms with van der Waals surface area (Å²) in [6, 6.07) is 0. The maximum absolute atomic E-state index is 11.6. The zero-order valence-electron chi connectivity index (χ0n) is 21.8. The standard InChI is InChI=1S/C30H48O2/c1-20(2)8-7-9-21(3)25-13-14-28(6)26-11-10-23-18-24(32-22(4)31)12-15-29(23)19-30(26,29)17-16-27(25,28)5/h8,21,23-26H,7,9-19H2,1-6H3/t21-,23+,24+,25-,26+,27-,28+,29-,30+/m1/s1. The van der Waals surface area contributed by atoms with E-state index in [0.717, 1.165) is 36.5 Å². The second kappa shape index (κ2) is 7.61. The molecule has 0 heterocycles. The first-order valence-electron chi connectivity index (χ1n) is 13.9. The molecule has 2 nitrogen and oxygen atoms in total. The van der Waals surface area contributed by atoms with Crippen LogP contribution in [0.2, 0.25) is 0 Å². The van der Waals surface area contributed by atoms with Gasteiger partial charge in [-0.3, -0.25) is 4.79 Å². The molecule has 5 rings (SSSR count). The summed E-state index contributed by atoms with van der Waals surface area (Å²) in [6.07, 6.45) is 19.0. The Labute approximate surface area is 197 Å². The van der Waals surface area contributed by atoms with Crippen molar-refractivity contribution in [1.29, 1.82) is 0 Å². The van der Waals surface area contributed by atoms with Gasteiger partial charge in [-0.05, 0) is 136 Å². The van der Waals surface area contributed by atoms with Crippen LogP contribution in [0, 0.1) is 45.3 Å². The topological polar surface area (TPSA) is 26.3 Å². The van der Waals surface area contributed by atoms with Crippen LogP contribution in [0.25, 0.3) is 0 Å². The highest BCUT2D eigenvalue weighted by molar-refractivity contribution is 5.66. The Hall–Kier alpha value is -0.790. The Morgan fingerprint density at radius 2 is 1.75 bits per heavy atom. The van der Waals surface area contributed by atoms with Gasteiger partial charge in [0.15, 0.2) is 0 Å². The quantitative estimate of drug-likeness (QED) is 0.319. The highest BCUT2D eigenvalue weighted by Crippen LogP contribution is 2.87. The minimum Gasteiger partial charge on any atom is -0.463 e. The molecule has 2 heteroatoms. The van der Waals surface area contributed by atoms with Crippen LogP contribution in [-0.2, 0) is 9.53 Å². The number of allylic oxidation sites excluding steroid dienone is 2. The van der Waals surface area contributed by atoms with Crippen molar-refractivity contribution in [3.8, 4) is 0 Å². The summed E-state index contributed by atoms with van der Waals surface area (Å²) in [6.45, 7) is 14.1. The van der Waals surface area contributed by atoms with Crippen LogP contribution in [0.4, 0.5) is 0 Å². The van der Waals surface area contributed by atoms with E-state index in [0.29, 0.717) is 21.7 Å². The lowest BCUT2D eigenvalue weighted by molar-refractivity contribution is -0.156. The number of fused-ring (bicyclic) bond motifs is 2. The monoisotopic (exact) mass is 440 g/mol. The SMILES string of the molecule is CC(=O)O[C@H]1CC[C@]23C[C@]24CC[C@]2(C)[C@@H]([C@H](C)CCC=C(C)C)CC[C@@]2(C)[C@@H]4CC[C@H]3C1. The van der Waals surface area contributed by atoms with Crippen molar-refractivity contribution in [1.82, 2.24) is 0 Å². The van der Waals surface area contributed by atoms with Gasteiger partial charge in [-0.15, -0.1) is 0 Å². The maximum Gasteiger partial charge on any atom is 0.302 e. The lowest BCUT2D eigenvalue weighted by Crippen LogP contribution is -2.55. The zero-order valence-corrected chi connectivity index (χ0v) is 21.8. The van der Waals surface area contributed by atoms with Gasteiger partial charge in [0.05, 0.1) is 0 Å². The fraction of sp³-hybridized carbons (Fsp3) is 0.900. The smallest absolute Gasteiger partial charge is 0.302 e. The number of carbonyl (C=O) groups excluding carboxylic acids is 1. The molecule has 5 aliphatic carbocycles. The Bertz CT molecular complexity index is 795. The molecule has 0 radical (unpaired) electrons. The fourth-order valence-corrected chi connectivity index (χ4v) is 10.7. The van der Waals surface area contributed by atoms with Gasteiger partial charge >= 0.3 is 5.97 Å². The average molecular weight is 441 g/mol. The molecule has 2 spiro atoms. The summed E-state index contributed by atoms with van der Waals surface area (Å²) >= 11 is 0. The molecular weight excluding hydrogens is 392 g/mol.